The molecule has 5 rings (SSSR count). The van der Waals surface area contributed by atoms with Crippen LogP contribution in [-0.2, 0) is 11.2 Å². The van der Waals surface area contributed by atoms with Crippen LogP contribution >= 0.6 is 0 Å². The van der Waals surface area contributed by atoms with Crippen LogP contribution in [0.1, 0.15) is 33.1 Å². The first-order valence-corrected chi connectivity index (χ1v) is 11.9. The monoisotopic (exact) mass is 491 g/mol. The molecule has 3 N–H and O–H groups in total. The van der Waals surface area contributed by atoms with Gasteiger partial charge in [-0.2, -0.15) is 0 Å². The molecule has 0 aliphatic rings. The lowest BCUT2D eigenvalue weighted by Gasteiger charge is -2.22. The second-order valence-corrected chi connectivity index (χ2v) is 8.79. The normalized spacial score (nSPS) is 11.9. The van der Waals surface area contributed by atoms with Gasteiger partial charge < -0.3 is 20.0 Å². The Labute approximate surface area is 213 Å². The summed E-state index contributed by atoms with van der Waals surface area (Å²) in [5, 5.41) is 13.3. The van der Waals surface area contributed by atoms with Crippen LogP contribution in [0.3, 0.4) is 0 Å². The molecule has 3 aromatic carbocycles. The minimum absolute atomic E-state index is 0.0722. The number of aromatic nitrogens is 2. The van der Waals surface area contributed by atoms with E-state index in [0.717, 1.165) is 27.6 Å². The summed E-state index contributed by atoms with van der Waals surface area (Å²) >= 11 is 0. The van der Waals surface area contributed by atoms with Crippen molar-refractivity contribution in [3.63, 3.8) is 0 Å². The fraction of sp³-hybridized carbons (Fsp3) is 0.100. The fourth-order valence-corrected chi connectivity index (χ4v) is 4.63. The molecule has 0 radical (unpaired) electrons. The number of carbonyl (C=O) groups is 2. The molecule has 7 heteroatoms. The van der Waals surface area contributed by atoms with Crippen molar-refractivity contribution in [1.82, 2.24) is 14.9 Å². The van der Waals surface area contributed by atoms with Gasteiger partial charge in [0.25, 0.3) is 11.5 Å². The molecule has 0 fully saturated rings. The molecule has 184 valence electrons. The van der Waals surface area contributed by atoms with Gasteiger partial charge in [0, 0.05) is 29.7 Å². The first-order chi connectivity index (χ1) is 18.0. The highest BCUT2D eigenvalue weighted by Crippen LogP contribution is 2.25. The molecule has 0 aliphatic carbocycles. The van der Waals surface area contributed by atoms with Gasteiger partial charge >= 0.3 is 5.97 Å². The maximum atomic E-state index is 13.6. The first kappa shape index (κ1) is 23.8. The van der Waals surface area contributed by atoms with Crippen LogP contribution in [0.5, 0.6) is 0 Å². The predicted molar refractivity (Wildman–Crippen MR) is 142 cm³/mol. The number of rotatable bonds is 8. The van der Waals surface area contributed by atoms with E-state index < -0.39 is 29.5 Å². The Morgan fingerprint density at radius 2 is 1.46 bits per heavy atom. The smallest absolute Gasteiger partial charge is 0.326 e. The zero-order chi connectivity index (χ0) is 25.8. The third-order valence-corrected chi connectivity index (χ3v) is 6.43. The largest absolute Gasteiger partial charge is 0.480 e. The number of nitrogens with one attached hydrogen (secondary N) is 2. The highest BCUT2D eigenvalue weighted by Gasteiger charge is 2.25. The number of para-hydroxylation sites is 1. The van der Waals surface area contributed by atoms with Crippen LogP contribution in [0.4, 0.5) is 0 Å². The summed E-state index contributed by atoms with van der Waals surface area (Å²) in [6.45, 7) is 0. The third-order valence-electron chi connectivity index (χ3n) is 6.43. The van der Waals surface area contributed by atoms with Gasteiger partial charge in [-0.15, -0.1) is 0 Å². The number of hydrogen-bond donors (Lipinski definition) is 3. The summed E-state index contributed by atoms with van der Waals surface area (Å²) in [5.41, 5.74) is 2.79. The van der Waals surface area contributed by atoms with Gasteiger partial charge in [-0.3, -0.25) is 9.59 Å². The van der Waals surface area contributed by atoms with Crippen molar-refractivity contribution in [2.45, 2.75) is 18.5 Å². The van der Waals surface area contributed by atoms with Crippen molar-refractivity contribution < 1.29 is 14.7 Å². The van der Waals surface area contributed by atoms with Crippen molar-refractivity contribution in [1.29, 1.82) is 0 Å². The third kappa shape index (κ3) is 4.92. The Balaban J connectivity index is 1.47. The standard InChI is InChI=1S/C30H25N3O4/c34-28(32-26(30(36)37)18-22-19-31-25-16-8-7-14-23(22)25)24-15-9-17-33(29(24)35)27(20-10-3-1-4-11-20)21-12-5-2-6-13-21/h1-17,19,26-27,31H,18H2,(H,32,34)(H,36,37)/t26-/m0/s1. The summed E-state index contributed by atoms with van der Waals surface area (Å²) in [6, 6.07) is 28.0. The Morgan fingerprint density at radius 3 is 2.11 bits per heavy atom. The van der Waals surface area contributed by atoms with Crippen LogP contribution in [0.25, 0.3) is 10.9 Å². The quantitative estimate of drug-likeness (QED) is 0.299. The van der Waals surface area contributed by atoms with Gasteiger partial charge in [0.05, 0.1) is 6.04 Å². The number of carboxylic acid groups (broad SMARTS) is 1. The number of benzene rings is 3. The number of aliphatic carboxylic acids is 1. The van der Waals surface area contributed by atoms with Crippen molar-refractivity contribution in [3.8, 4) is 0 Å². The molecule has 2 heterocycles. The maximum absolute atomic E-state index is 13.6. The van der Waals surface area contributed by atoms with Crippen molar-refractivity contribution in [3.05, 3.63) is 142 Å². The predicted octanol–water partition coefficient (Wildman–Crippen LogP) is 4.39. The van der Waals surface area contributed by atoms with Gasteiger partial charge in [-0.25, -0.2) is 4.79 Å². The average Bonchev–Trinajstić information content (AvgIpc) is 3.33. The van der Waals surface area contributed by atoms with Gasteiger partial charge in [0.15, 0.2) is 0 Å². The summed E-state index contributed by atoms with van der Waals surface area (Å²) < 4.78 is 1.51. The van der Waals surface area contributed by atoms with E-state index in [1.54, 1.807) is 18.5 Å². The lowest BCUT2D eigenvalue weighted by molar-refractivity contribution is -0.139. The van der Waals surface area contributed by atoms with Crippen LogP contribution < -0.4 is 10.9 Å². The second kappa shape index (κ2) is 10.4. The van der Waals surface area contributed by atoms with E-state index in [2.05, 4.69) is 10.3 Å². The highest BCUT2D eigenvalue weighted by molar-refractivity contribution is 5.96. The molecular formula is C30H25N3O4. The minimum Gasteiger partial charge on any atom is -0.480 e. The maximum Gasteiger partial charge on any atom is 0.326 e. The topological polar surface area (TPSA) is 104 Å². The van der Waals surface area contributed by atoms with E-state index in [0.29, 0.717) is 0 Å². The lowest BCUT2D eigenvalue weighted by Crippen LogP contribution is -2.44. The van der Waals surface area contributed by atoms with Crippen molar-refractivity contribution >= 4 is 22.8 Å². The number of amides is 1. The lowest BCUT2D eigenvalue weighted by atomic mass is 9.98. The Hall–Kier alpha value is -4.91. The average molecular weight is 492 g/mol. The minimum atomic E-state index is -1.21. The molecule has 0 aliphatic heterocycles. The Bertz CT molecular complexity index is 1570. The molecule has 2 aromatic heterocycles. The summed E-state index contributed by atoms with van der Waals surface area (Å²) in [6.07, 6.45) is 3.46. The summed E-state index contributed by atoms with van der Waals surface area (Å²) in [5.74, 6) is -1.91. The van der Waals surface area contributed by atoms with Crippen molar-refractivity contribution in [2.75, 3.05) is 0 Å². The number of carbonyl (C=O) groups excluding carboxylic acids is 1. The number of pyridine rings is 1. The number of aromatic amines is 1. The van der Waals surface area contributed by atoms with E-state index in [-0.39, 0.29) is 12.0 Å². The van der Waals surface area contributed by atoms with E-state index in [9.17, 15) is 19.5 Å². The molecule has 0 spiro atoms. The first-order valence-electron chi connectivity index (χ1n) is 11.9. The zero-order valence-electron chi connectivity index (χ0n) is 19.9. The fourth-order valence-electron chi connectivity index (χ4n) is 4.63. The van der Waals surface area contributed by atoms with Crippen molar-refractivity contribution in [2.24, 2.45) is 0 Å². The van der Waals surface area contributed by atoms with Crippen LogP contribution in [0.15, 0.2) is 114 Å². The zero-order valence-corrected chi connectivity index (χ0v) is 19.9. The molecule has 0 saturated carbocycles. The van der Waals surface area contributed by atoms with E-state index in [4.69, 9.17) is 0 Å². The molecule has 0 saturated heterocycles. The second-order valence-electron chi connectivity index (χ2n) is 8.79. The number of fused-ring (bicyclic) bond motifs is 1. The van der Waals surface area contributed by atoms with E-state index >= 15 is 0 Å². The Morgan fingerprint density at radius 1 is 0.838 bits per heavy atom. The molecule has 0 unspecified atom stereocenters. The van der Waals surface area contributed by atoms with Gasteiger partial charge in [0.2, 0.25) is 0 Å². The van der Waals surface area contributed by atoms with Gasteiger partial charge in [0.1, 0.15) is 11.6 Å². The van der Waals surface area contributed by atoms with Crippen LogP contribution in [-0.4, -0.2) is 32.6 Å². The SMILES string of the molecule is O=C(N[C@@H](Cc1c[nH]c2ccccc12)C(=O)O)c1cccn(C(c2ccccc2)c2ccccc2)c1=O. The summed E-state index contributed by atoms with van der Waals surface area (Å²) in [7, 11) is 0. The van der Waals surface area contributed by atoms with Gasteiger partial charge in [-0.05, 0) is 34.9 Å². The molecule has 37 heavy (non-hydrogen) atoms. The number of hydrogen-bond acceptors (Lipinski definition) is 3. The molecule has 1 amide bonds. The molecule has 1 atom stereocenters. The summed E-state index contributed by atoms with van der Waals surface area (Å²) in [4.78, 5) is 42.0. The number of nitrogens with zero attached hydrogens (tertiary/aromatic N) is 1. The molecule has 0 bridgehead atoms. The van der Waals surface area contributed by atoms with Crippen LogP contribution in [0.2, 0.25) is 0 Å². The Kier molecular flexibility index (Phi) is 6.68. The molecular weight excluding hydrogens is 466 g/mol. The van der Waals surface area contributed by atoms with E-state index in [1.807, 2.05) is 84.9 Å². The molecule has 7 nitrogen and oxygen atoms in total. The highest BCUT2D eigenvalue weighted by atomic mass is 16.4. The molecule has 5 aromatic rings. The van der Waals surface area contributed by atoms with Gasteiger partial charge in [-0.1, -0.05) is 78.9 Å². The number of H-pyrrole nitrogens is 1. The van der Waals surface area contributed by atoms with E-state index in [1.165, 1.54) is 10.6 Å². The number of carboxylic acids is 1. The van der Waals surface area contributed by atoms with Crippen LogP contribution in [0, 0.1) is 0 Å².